The quantitative estimate of drug-likeness (QED) is 0.159. The first-order chi connectivity index (χ1) is 18.3. The molecule has 39 heavy (non-hydrogen) atoms. The van der Waals surface area contributed by atoms with Gasteiger partial charge in [0.25, 0.3) is 0 Å². The van der Waals surface area contributed by atoms with Gasteiger partial charge in [-0.25, -0.2) is 9.59 Å². The second-order valence-corrected chi connectivity index (χ2v) is 9.63. The second kappa shape index (κ2) is 16.6. The minimum Gasteiger partial charge on any atom is -0.480 e. The topological polar surface area (TPSA) is 161 Å². The molecule has 6 atom stereocenters. The van der Waals surface area contributed by atoms with Gasteiger partial charge in [0, 0.05) is 18.3 Å². The number of rotatable bonds is 15. The summed E-state index contributed by atoms with van der Waals surface area (Å²) in [6.45, 7) is 12.4. The lowest BCUT2D eigenvalue weighted by Crippen LogP contribution is -2.42. The van der Waals surface area contributed by atoms with Gasteiger partial charge in [0.15, 0.2) is 11.5 Å². The van der Waals surface area contributed by atoms with Crippen LogP contribution in [0.25, 0.3) is 0 Å². The van der Waals surface area contributed by atoms with Gasteiger partial charge in [-0.2, -0.15) is 0 Å². The van der Waals surface area contributed by atoms with Crippen molar-refractivity contribution in [1.82, 2.24) is 0 Å². The Kier molecular flexibility index (Phi) is 14.3. The molecule has 0 spiro atoms. The van der Waals surface area contributed by atoms with E-state index in [9.17, 15) is 24.3 Å². The monoisotopic (exact) mass is 553 g/mol. The van der Waals surface area contributed by atoms with Crippen LogP contribution < -0.4 is 15.2 Å². The molecule has 5 unspecified atom stereocenters. The number of carbonyl (C=O) groups is 4. The van der Waals surface area contributed by atoms with Crippen LogP contribution in [0.15, 0.2) is 18.2 Å². The maximum Gasteiger partial charge on any atom is 0.514 e. The van der Waals surface area contributed by atoms with Crippen molar-refractivity contribution < 1.29 is 48.0 Å². The molecule has 0 aliphatic rings. The molecular formula is C28H43NO10. The van der Waals surface area contributed by atoms with Crippen LogP contribution >= 0.6 is 0 Å². The molecule has 0 aliphatic heterocycles. The molecule has 0 bridgehead atoms. The smallest absolute Gasteiger partial charge is 0.480 e. The Morgan fingerprint density at radius 2 is 1.38 bits per heavy atom. The number of carbonyl (C=O) groups excluding carboxylic acids is 3. The first kappa shape index (κ1) is 33.7. The van der Waals surface area contributed by atoms with E-state index in [0.717, 1.165) is 6.42 Å². The molecule has 0 radical (unpaired) electrons. The summed E-state index contributed by atoms with van der Waals surface area (Å²) in [5, 5.41) is 9.74. The van der Waals surface area contributed by atoms with Gasteiger partial charge in [-0.1, -0.05) is 40.2 Å². The molecule has 0 fully saturated rings. The van der Waals surface area contributed by atoms with Crippen LogP contribution in [-0.2, 0) is 23.8 Å². The van der Waals surface area contributed by atoms with Crippen molar-refractivity contribution in [2.75, 3.05) is 0 Å². The molecule has 0 aliphatic carbocycles. The first-order valence-electron chi connectivity index (χ1n) is 13.4. The van der Waals surface area contributed by atoms with E-state index in [4.69, 9.17) is 29.4 Å². The summed E-state index contributed by atoms with van der Waals surface area (Å²) >= 11 is 0. The lowest BCUT2D eigenvalue weighted by Gasteiger charge is -2.32. The summed E-state index contributed by atoms with van der Waals surface area (Å²) in [7, 11) is 0. The fourth-order valence-electron chi connectivity index (χ4n) is 3.60. The molecule has 1 rings (SSSR count). The van der Waals surface area contributed by atoms with Gasteiger partial charge < -0.3 is 34.5 Å². The van der Waals surface area contributed by atoms with Gasteiger partial charge in [-0.3, -0.25) is 9.59 Å². The highest BCUT2D eigenvalue weighted by Gasteiger charge is 2.36. The number of esters is 1. The summed E-state index contributed by atoms with van der Waals surface area (Å²) in [5.41, 5.74) is 6.45. The number of hydrogen-bond acceptors (Lipinski definition) is 10. The maximum absolute atomic E-state index is 12.4. The van der Waals surface area contributed by atoms with Crippen molar-refractivity contribution in [1.29, 1.82) is 0 Å². The lowest BCUT2D eigenvalue weighted by atomic mass is 9.79. The van der Waals surface area contributed by atoms with Crippen LogP contribution in [0.2, 0.25) is 0 Å². The standard InChI is InChI=1S/C28H43NO10/c1-8-11-12-23(30)37-19(7)18(6)24(25(29)26(31)32)20-13-14-21(38-27(33)35-16(4)9-2)22(15-20)39-28(34)36-17(5)10-3/h13-19,24-25H,8-12,29H2,1-7H3,(H,31,32)/t16?,17?,18?,19?,24?,25-/m0/s1. The van der Waals surface area contributed by atoms with Crippen LogP contribution in [-0.4, -0.2) is 53.7 Å². The van der Waals surface area contributed by atoms with E-state index >= 15 is 0 Å². The SMILES string of the molecule is CCCCC(=O)OC(C)C(C)C(c1ccc(OC(=O)OC(C)CC)c(OC(=O)OC(C)CC)c1)[C@H](N)C(=O)O. The van der Waals surface area contributed by atoms with E-state index in [1.165, 1.54) is 18.2 Å². The molecule has 0 heterocycles. The highest BCUT2D eigenvalue weighted by molar-refractivity contribution is 5.75. The Morgan fingerprint density at radius 1 is 0.846 bits per heavy atom. The molecule has 11 nitrogen and oxygen atoms in total. The van der Waals surface area contributed by atoms with Crippen LogP contribution in [0.1, 0.15) is 92.1 Å². The number of carboxylic acids is 1. The van der Waals surface area contributed by atoms with Gasteiger partial charge in [0.1, 0.15) is 24.4 Å². The van der Waals surface area contributed by atoms with Gasteiger partial charge in [0.2, 0.25) is 0 Å². The van der Waals surface area contributed by atoms with Gasteiger partial charge in [-0.15, -0.1) is 0 Å². The number of hydrogen-bond donors (Lipinski definition) is 2. The van der Waals surface area contributed by atoms with Crippen LogP contribution in [0.4, 0.5) is 9.59 Å². The Labute approximate surface area is 230 Å². The minimum absolute atomic E-state index is 0.137. The zero-order chi connectivity index (χ0) is 29.7. The summed E-state index contributed by atoms with van der Waals surface area (Å²) in [5.74, 6) is -3.41. The molecule has 0 saturated heterocycles. The largest absolute Gasteiger partial charge is 0.514 e. The molecule has 0 amide bonds. The number of aliphatic carboxylic acids is 1. The van der Waals surface area contributed by atoms with E-state index < -0.39 is 54.5 Å². The van der Waals surface area contributed by atoms with E-state index in [0.29, 0.717) is 24.8 Å². The van der Waals surface area contributed by atoms with Gasteiger partial charge in [0.05, 0.1) is 0 Å². The van der Waals surface area contributed by atoms with E-state index in [1.807, 2.05) is 20.8 Å². The Morgan fingerprint density at radius 3 is 1.87 bits per heavy atom. The molecule has 220 valence electrons. The molecule has 1 aromatic carbocycles. The third-order valence-electron chi connectivity index (χ3n) is 6.51. The predicted molar refractivity (Wildman–Crippen MR) is 143 cm³/mol. The first-order valence-corrected chi connectivity index (χ1v) is 13.4. The van der Waals surface area contributed by atoms with Crippen molar-refractivity contribution in [2.24, 2.45) is 11.7 Å². The zero-order valence-corrected chi connectivity index (χ0v) is 23.9. The third kappa shape index (κ3) is 11.1. The summed E-state index contributed by atoms with van der Waals surface area (Å²) in [6, 6.07) is 2.83. The Balaban J connectivity index is 3.42. The molecular weight excluding hydrogens is 510 g/mol. The van der Waals surface area contributed by atoms with Gasteiger partial charge in [-0.05, 0) is 57.7 Å². The minimum atomic E-state index is -1.39. The van der Waals surface area contributed by atoms with Crippen molar-refractivity contribution in [3.8, 4) is 11.5 Å². The van der Waals surface area contributed by atoms with Crippen molar-refractivity contribution in [3.05, 3.63) is 23.8 Å². The number of benzene rings is 1. The van der Waals surface area contributed by atoms with Gasteiger partial charge >= 0.3 is 24.2 Å². The second-order valence-electron chi connectivity index (χ2n) is 9.63. The van der Waals surface area contributed by atoms with E-state index in [1.54, 1.807) is 27.7 Å². The Hall–Kier alpha value is -3.34. The molecule has 0 aromatic heterocycles. The fourth-order valence-corrected chi connectivity index (χ4v) is 3.60. The van der Waals surface area contributed by atoms with Crippen LogP contribution in [0.3, 0.4) is 0 Å². The Bertz CT molecular complexity index is 966. The molecule has 11 heteroatoms. The summed E-state index contributed by atoms with van der Waals surface area (Å²) in [6.07, 6.45) is -0.699. The predicted octanol–water partition coefficient (Wildman–Crippen LogP) is 5.57. The van der Waals surface area contributed by atoms with Crippen molar-refractivity contribution >= 4 is 24.2 Å². The van der Waals surface area contributed by atoms with E-state index in [2.05, 4.69) is 0 Å². The molecule has 3 N–H and O–H groups in total. The number of ether oxygens (including phenoxy) is 5. The lowest BCUT2D eigenvalue weighted by molar-refractivity contribution is -0.151. The van der Waals surface area contributed by atoms with Crippen molar-refractivity contribution in [2.45, 2.75) is 111 Å². The fraction of sp³-hybridized carbons (Fsp3) is 0.643. The normalized spacial score (nSPS) is 15.6. The number of unbranched alkanes of at least 4 members (excludes halogenated alkanes) is 1. The van der Waals surface area contributed by atoms with Crippen LogP contribution in [0, 0.1) is 5.92 Å². The average molecular weight is 554 g/mol. The third-order valence-corrected chi connectivity index (χ3v) is 6.51. The maximum atomic E-state index is 12.4. The van der Waals surface area contributed by atoms with E-state index in [-0.39, 0.29) is 23.9 Å². The zero-order valence-electron chi connectivity index (χ0n) is 23.9. The summed E-state index contributed by atoms with van der Waals surface area (Å²) in [4.78, 5) is 48.9. The van der Waals surface area contributed by atoms with Crippen LogP contribution in [0.5, 0.6) is 11.5 Å². The highest BCUT2D eigenvalue weighted by Crippen LogP contribution is 2.37. The highest BCUT2D eigenvalue weighted by atomic mass is 16.7. The number of carboxylic acid groups (broad SMARTS) is 1. The molecule has 0 saturated carbocycles. The summed E-state index contributed by atoms with van der Waals surface area (Å²) < 4.78 is 26.5. The van der Waals surface area contributed by atoms with Crippen molar-refractivity contribution in [3.63, 3.8) is 0 Å². The number of nitrogens with two attached hydrogens (primary N) is 1. The molecule has 1 aromatic rings. The average Bonchev–Trinajstić information content (AvgIpc) is 2.88.